The van der Waals surface area contributed by atoms with Gasteiger partial charge in [-0.1, -0.05) is 23.2 Å². The van der Waals surface area contributed by atoms with Crippen LogP contribution >= 0.6 is 23.2 Å². The van der Waals surface area contributed by atoms with Gasteiger partial charge in [0.05, 0.1) is 28.9 Å². The lowest BCUT2D eigenvalue weighted by Gasteiger charge is -2.59. The molecular formula is C26H26Cl2N6O4S. The molecule has 6 rings (SSSR count). The molecule has 13 heteroatoms. The molecule has 0 radical (unpaired) electrons. The summed E-state index contributed by atoms with van der Waals surface area (Å²) >= 11 is 12.6. The summed E-state index contributed by atoms with van der Waals surface area (Å²) in [6.07, 6.45) is 5.71. The van der Waals surface area contributed by atoms with E-state index in [1.807, 2.05) is 31.2 Å². The Morgan fingerprint density at radius 3 is 2.46 bits per heavy atom. The van der Waals surface area contributed by atoms with Gasteiger partial charge in [0.25, 0.3) is 0 Å². The summed E-state index contributed by atoms with van der Waals surface area (Å²) in [5.41, 5.74) is 3.00. The van der Waals surface area contributed by atoms with Crippen molar-refractivity contribution in [2.75, 3.05) is 44.4 Å². The van der Waals surface area contributed by atoms with Crippen LogP contribution < -0.4 is 14.4 Å². The molecule has 0 amide bonds. The van der Waals surface area contributed by atoms with Crippen molar-refractivity contribution >= 4 is 49.9 Å². The molecule has 2 aliphatic heterocycles. The molecule has 204 valence electrons. The topological polar surface area (TPSA) is 114 Å². The largest absolute Gasteiger partial charge is 0.493 e. The molecule has 3 aromatic heterocycles. The second kappa shape index (κ2) is 9.51. The number of sulfonamides is 1. The maximum Gasteiger partial charge on any atom is 0.211 e. The Morgan fingerprint density at radius 2 is 1.79 bits per heavy atom. The van der Waals surface area contributed by atoms with Gasteiger partial charge in [0.1, 0.15) is 17.5 Å². The zero-order valence-electron chi connectivity index (χ0n) is 21.5. The van der Waals surface area contributed by atoms with Crippen LogP contribution in [0.3, 0.4) is 0 Å². The Bertz CT molecular complexity index is 1660. The van der Waals surface area contributed by atoms with Crippen molar-refractivity contribution in [1.82, 2.24) is 24.5 Å². The quantitative estimate of drug-likeness (QED) is 0.334. The number of methoxy groups -OCH3 is 1. The highest BCUT2D eigenvalue weighted by Crippen LogP contribution is 2.45. The third kappa shape index (κ3) is 4.67. The lowest BCUT2D eigenvalue weighted by Crippen LogP contribution is -2.73. The number of H-pyrrole nitrogens is 1. The number of aromatic amines is 1. The van der Waals surface area contributed by atoms with Crippen molar-refractivity contribution in [2.24, 2.45) is 5.41 Å². The number of anilines is 1. The minimum absolute atomic E-state index is 0.00884. The highest BCUT2D eigenvalue weighted by Gasteiger charge is 2.55. The highest BCUT2D eigenvalue weighted by atomic mass is 35.5. The van der Waals surface area contributed by atoms with Gasteiger partial charge in [-0.3, -0.25) is 10.1 Å². The van der Waals surface area contributed by atoms with Gasteiger partial charge < -0.3 is 14.4 Å². The summed E-state index contributed by atoms with van der Waals surface area (Å²) in [6, 6.07) is 7.59. The van der Waals surface area contributed by atoms with Gasteiger partial charge in [0.2, 0.25) is 10.0 Å². The molecule has 2 fully saturated rings. The van der Waals surface area contributed by atoms with Crippen LogP contribution in [0, 0.1) is 5.41 Å². The molecule has 2 aliphatic rings. The molecule has 10 nitrogen and oxygen atoms in total. The fraction of sp³-hybridized carbons (Fsp3) is 0.346. The molecule has 5 heterocycles. The molecule has 1 spiro atoms. The van der Waals surface area contributed by atoms with Gasteiger partial charge in [0.15, 0.2) is 11.6 Å². The summed E-state index contributed by atoms with van der Waals surface area (Å²) < 4.78 is 36.9. The summed E-state index contributed by atoms with van der Waals surface area (Å²) in [5, 5.41) is 9.34. The number of hydrogen-bond acceptors (Lipinski definition) is 8. The Labute approximate surface area is 235 Å². The van der Waals surface area contributed by atoms with Crippen LogP contribution in [0.4, 0.5) is 5.82 Å². The van der Waals surface area contributed by atoms with E-state index in [1.54, 1.807) is 25.7 Å². The third-order valence-corrected chi connectivity index (χ3v) is 9.11. The van der Waals surface area contributed by atoms with Gasteiger partial charge in [0, 0.05) is 66.7 Å². The van der Waals surface area contributed by atoms with Gasteiger partial charge in [-0.15, -0.1) is 0 Å². The fourth-order valence-corrected chi connectivity index (χ4v) is 7.05. The Morgan fingerprint density at radius 1 is 1.08 bits per heavy atom. The maximum atomic E-state index is 11.8. The standard InChI is InChI=1S/C26H26Cl2N6O4S/c1-15(23-19(27)9-29-10-20(23)28)38-17-4-5-21-18(7-17)24(32-31-21)16-6-22(37-2)25(30-8-16)33-11-26(12-33)13-34(14-26)39(3,35)36/h4-10,15H,11-14H2,1-3H3,(H,31,32). The van der Waals surface area contributed by atoms with Crippen molar-refractivity contribution in [1.29, 1.82) is 0 Å². The van der Waals surface area contributed by atoms with E-state index < -0.39 is 16.1 Å². The second-order valence-corrected chi connectivity index (χ2v) is 13.0. The lowest BCUT2D eigenvalue weighted by molar-refractivity contribution is 0.0392. The molecule has 0 aliphatic carbocycles. The van der Waals surface area contributed by atoms with Gasteiger partial charge in [-0.25, -0.2) is 17.7 Å². The maximum absolute atomic E-state index is 11.8. The molecule has 1 aromatic carbocycles. The predicted molar refractivity (Wildman–Crippen MR) is 150 cm³/mol. The average molecular weight is 590 g/mol. The Kier molecular flexibility index (Phi) is 6.37. The number of hydrogen-bond donors (Lipinski definition) is 1. The van der Waals surface area contributed by atoms with Gasteiger partial charge in [-0.2, -0.15) is 5.10 Å². The number of halogens is 2. The minimum atomic E-state index is -3.14. The van der Waals surface area contributed by atoms with Gasteiger partial charge >= 0.3 is 0 Å². The monoisotopic (exact) mass is 588 g/mol. The Hall–Kier alpha value is -3.12. The number of pyridine rings is 2. The van der Waals surface area contributed by atoms with E-state index >= 15 is 0 Å². The normalized spacial score (nSPS) is 17.6. The van der Waals surface area contributed by atoms with Crippen LogP contribution in [0.2, 0.25) is 10.0 Å². The number of aromatic nitrogens is 4. The van der Waals surface area contributed by atoms with E-state index in [9.17, 15) is 8.42 Å². The number of ether oxygens (including phenoxy) is 2. The fourth-order valence-electron chi connectivity index (χ4n) is 5.36. The number of nitrogens with zero attached hydrogens (tertiary/aromatic N) is 5. The van der Waals surface area contributed by atoms with Crippen LogP contribution in [0.15, 0.2) is 42.9 Å². The first-order valence-corrected chi connectivity index (χ1v) is 14.9. The van der Waals surface area contributed by atoms with Crippen molar-refractivity contribution in [3.8, 4) is 22.8 Å². The van der Waals surface area contributed by atoms with E-state index in [1.165, 1.54) is 10.6 Å². The molecule has 39 heavy (non-hydrogen) atoms. The lowest BCUT2D eigenvalue weighted by atomic mass is 9.74. The molecule has 0 saturated carbocycles. The third-order valence-electron chi connectivity index (χ3n) is 7.31. The molecule has 1 atom stereocenters. The van der Waals surface area contributed by atoms with E-state index in [4.69, 9.17) is 37.7 Å². The first kappa shape index (κ1) is 26.1. The van der Waals surface area contributed by atoms with Crippen LogP contribution in [0.5, 0.6) is 11.5 Å². The molecule has 1 unspecified atom stereocenters. The second-order valence-electron chi connectivity index (χ2n) is 10.2. The number of fused-ring (bicyclic) bond motifs is 1. The molecule has 0 bridgehead atoms. The number of benzene rings is 1. The van der Waals surface area contributed by atoms with Crippen molar-refractivity contribution in [3.63, 3.8) is 0 Å². The number of nitrogens with one attached hydrogen (secondary N) is 1. The predicted octanol–water partition coefficient (Wildman–Crippen LogP) is 4.56. The van der Waals surface area contributed by atoms with Crippen LogP contribution in [0.1, 0.15) is 18.6 Å². The molecule has 1 N–H and O–H groups in total. The summed E-state index contributed by atoms with van der Waals surface area (Å²) in [5.74, 6) is 1.99. The van der Waals surface area contributed by atoms with Crippen LogP contribution in [0.25, 0.3) is 22.2 Å². The number of rotatable bonds is 7. The summed E-state index contributed by atoms with van der Waals surface area (Å²) in [4.78, 5) is 10.8. The highest BCUT2D eigenvalue weighted by molar-refractivity contribution is 7.88. The van der Waals surface area contributed by atoms with E-state index in [0.717, 1.165) is 35.4 Å². The van der Waals surface area contributed by atoms with Crippen molar-refractivity contribution in [3.05, 3.63) is 58.5 Å². The van der Waals surface area contributed by atoms with Crippen LogP contribution in [-0.4, -0.2) is 72.4 Å². The molecule has 2 saturated heterocycles. The molecular weight excluding hydrogens is 563 g/mol. The van der Waals surface area contributed by atoms with E-state index in [0.29, 0.717) is 45.9 Å². The zero-order chi connectivity index (χ0) is 27.5. The van der Waals surface area contributed by atoms with Crippen LogP contribution in [-0.2, 0) is 10.0 Å². The minimum Gasteiger partial charge on any atom is -0.493 e. The Balaban J connectivity index is 1.23. The summed E-state index contributed by atoms with van der Waals surface area (Å²) in [6.45, 7) is 4.44. The van der Waals surface area contributed by atoms with Crippen molar-refractivity contribution < 1.29 is 17.9 Å². The first-order valence-electron chi connectivity index (χ1n) is 12.2. The average Bonchev–Trinajstić information content (AvgIpc) is 3.25. The molecule has 4 aromatic rings. The zero-order valence-corrected chi connectivity index (χ0v) is 23.8. The van der Waals surface area contributed by atoms with E-state index in [2.05, 4.69) is 20.1 Å². The summed E-state index contributed by atoms with van der Waals surface area (Å²) in [7, 11) is -1.53. The van der Waals surface area contributed by atoms with Crippen molar-refractivity contribution in [2.45, 2.75) is 13.0 Å². The first-order chi connectivity index (χ1) is 18.6. The smallest absolute Gasteiger partial charge is 0.211 e. The van der Waals surface area contributed by atoms with E-state index in [-0.39, 0.29) is 5.41 Å². The van der Waals surface area contributed by atoms with Gasteiger partial charge in [-0.05, 0) is 31.2 Å². The SMILES string of the molecule is COc1cc(-c2n[nH]c3ccc(OC(C)c4c(Cl)cncc4Cl)cc23)cnc1N1CC2(C1)CN(S(C)(=O)=O)C2.